The van der Waals surface area contributed by atoms with E-state index in [0.717, 1.165) is 24.0 Å². The number of hydrogen-bond acceptors (Lipinski definition) is 4. The Kier molecular flexibility index (Phi) is 9.17. The van der Waals surface area contributed by atoms with Crippen LogP contribution in [0.2, 0.25) is 0 Å². The Labute approximate surface area is 210 Å². The molecule has 2 aromatic carbocycles. The second-order valence-electron chi connectivity index (χ2n) is 9.56. The van der Waals surface area contributed by atoms with Crippen LogP contribution in [-0.2, 0) is 32.2 Å². The van der Waals surface area contributed by atoms with Gasteiger partial charge in [-0.2, -0.15) is 13.2 Å². The molecule has 2 amide bonds. The molecule has 7 nitrogen and oxygen atoms in total. The van der Waals surface area contributed by atoms with Gasteiger partial charge in [0, 0.05) is 12.1 Å². The Morgan fingerprint density at radius 3 is 2.14 bits per heavy atom. The summed E-state index contributed by atoms with van der Waals surface area (Å²) in [6.07, 6.45) is -3.49. The summed E-state index contributed by atoms with van der Waals surface area (Å²) in [6.45, 7) is 6.22. The Balaban J connectivity index is 2.39. The number of alkyl halides is 3. The Bertz CT molecular complexity index is 1160. The zero-order valence-corrected chi connectivity index (χ0v) is 21.8. The molecule has 1 N–H and O–H groups in total. The summed E-state index contributed by atoms with van der Waals surface area (Å²) >= 11 is 0. The standard InChI is InChI=1S/C25H32F3N3O4S/c1-18(23(33)29-24(2,3)4)30(15-14-19-10-7-6-8-11-19)22(32)17-31(36(5,34)35)21-13-9-12-20(16-21)25(26,27)28/h6-13,16,18H,14-15,17H2,1-5H3,(H,29,33)/t18-/m0/s1. The molecule has 0 unspecified atom stereocenters. The van der Waals surface area contributed by atoms with Crippen molar-refractivity contribution in [2.45, 2.75) is 51.9 Å². The van der Waals surface area contributed by atoms with Gasteiger partial charge in [0.2, 0.25) is 21.8 Å². The minimum absolute atomic E-state index is 0.0990. The van der Waals surface area contributed by atoms with E-state index in [9.17, 15) is 31.2 Å². The number of amides is 2. The molecule has 0 aliphatic rings. The van der Waals surface area contributed by atoms with E-state index in [-0.39, 0.29) is 12.2 Å². The van der Waals surface area contributed by atoms with Crippen molar-refractivity contribution in [2.75, 3.05) is 23.7 Å². The van der Waals surface area contributed by atoms with Crippen LogP contribution >= 0.6 is 0 Å². The van der Waals surface area contributed by atoms with Crippen LogP contribution in [0, 0.1) is 0 Å². The first-order chi connectivity index (χ1) is 16.5. The first-order valence-corrected chi connectivity index (χ1v) is 13.1. The summed E-state index contributed by atoms with van der Waals surface area (Å²) in [4.78, 5) is 27.5. The molecule has 0 fully saturated rings. The zero-order valence-electron chi connectivity index (χ0n) is 21.0. The summed E-state index contributed by atoms with van der Waals surface area (Å²) in [5, 5.41) is 2.80. The van der Waals surface area contributed by atoms with Gasteiger partial charge in [-0.15, -0.1) is 0 Å². The topological polar surface area (TPSA) is 86.8 Å². The van der Waals surface area contributed by atoms with Gasteiger partial charge in [0.15, 0.2) is 0 Å². The van der Waals surface area contributed by atoms with Crippen LogP contribution in [0.15, 0.2) is 54.6 Å². The lowest BCUT2D eigenvalue weighted by Crippen LogP contribution is -2.55. The van der Waals surface area contributed by atoms with Crippen molar-refractivity contribution in [1.29, 1.82) is 0 Å². The van der Waals surface area contributed by atoms with Gasteiger partial charge >= 0.3 is 6.18 Å². The van der Waals surface area contributed by atoms with Crippen LogP contribution in [0.1, 0.15) is 38.8 Å². The number of carbonyl (C=O) groups excluding carboxylic acids is 2. The van der Waals surface area contributed by atoms with E-state index in [0.29, 0.717) is 16.8 Å². The van der Waals surface area contributed by atoms with Crippen molar-refractivity contribution in [3.05, 3.63) is 65.7 Å². The molecule has 0 aromatic heterocycles. The summed E-state index contributed by atoms with van der Waals surface area (Å²) in [5.41, 5.74) is -1.01. The van der Waals surface area contributed by atoms with Crippen LogP contribution in [0.4, 0.5) is 18.9 Å². The molecule has 1 atom stereocenters. The summed E-state index contributed by atoms with van der Waals surface area (Å²) < 4.78 is 65.3. The van der Waals surface area contributed by atoms with E-state index < -0.39 is 51.7 Å². The van der Waals surface area contributed by atoms with Gasteiger partial charge in [0.05, 0.1) is 17.5 Å². The SMILES string of the molecule is C[C@@H](C(=O)NC(C)(C)C)N(CCc1ccccc1)C(=O)CN(c1cccc(C(F)(F)F)c1)S(C)(=O)=O. The third-order valence-corrected chi connectivity index (χ3v) is 6.43. The number of sulfonamides is 1. The number of hydrogen-bond donors (Lipinski definition) is 1. The molecule has 11 heteroatoms. The molecule has 0 heterocycles. The lowest BCUT2D eigenvalue weighted by atomic mass is 10.1. The van der Waals surface area contributed by atoms with Crippen LogP contribution in [0.5, 0.6) is 0 Å². The highest BCUT2D eigenvalue weighted by molar-refractivity contribution is 7.92. The fourth-order valence-corrected chi connectivity index (χ4v) is 4.34. The highest BCUT2D eigenvalue weighted by atomic mass is 32.2. The Morgan fingerprint density at radius 1 is 1.00 bits per heavy atom. The first kappa shape index (κ1) is 29.2. The lowest BCUT2D eigenvalue weighted by Gasteiger charge is -2.33. The van der Waals surface area contributed by atoms with Crippen LogP contribution in [-0.4, -0.2) is 56.1 Å². The number of anilines is 1. The quantitative estimate of drug-likeness (QED) is 0.537. The number of benzene rings is 2. The molecule has 0 saturated heterocycles. The molecule has 2 aromatic rings. The fraction of sp³-hybridized carbons (Fsp3) is 0.440. The number of halogens is 3. The van der Waals surface area contributed by atoms with E-state index in [2.05, 4.69) is 5.32 Å². The fourth-order valence-electron chi connectivity index (χ4n) is 3.50. The van der Waals surface area contributed by atoms with E-state index in [1.165, 1.54) is 17.9 Å². The summed E-state index contributed by atoms with van der Waals surface area (Å²) in [6, 6.07) is 12.0. The summed E-state index contributed by atoms with van der Waals surface area (Å²) in [5.74, 6) is -1.15. The molecule has 0 saturated carbocycles. The second-order valence-corrected chi connectivity index (χ2v) is 11.5. The predicted molar refractivity (Wildman–Crippen MR) is 133 cm³/mol. The normalized spacial score (nSPS) is 13.1. The maximum atomic E-state index is 13.4. The molecular weight excluding hydrogens is 495 g/mol. The lowest BCUT2D eigenvalue weighted by molar-refractivity contribution is -0.139. The smallest absolute Gasteiger partial charge is 0.350 e. The third-order valence-electron chi connectivity index (χ3n) is 5.29. The molecule has 0 aliphatic heterocycles. The van der Waals surface area contributed by atoms with Gasteiger partial charge in [-0.3, -0.25) is 13.9 Å². The molecule has 36 heavy (non-hydrogen) atoms. The van der Waals surface area contributed by atoms with Crippen LogP contribution in [0.25, 0.3) is 0 Å². The number of nitrogens with one attached hydrogen (secondary N) is 1. The molecule has 0 radical (unpaired) electrons. The average Bonchev–Trinajstić information content (AvgIpc) is 2.75. The van der Waals surface area contributed by atoms with Crippen molar-refractivity contribution in [2.24, 2.45) is 0 Å². The van der Waals surface area contributed by atoms with Gasteiger partial charge in [0.25, 0.3) is 0 Å². The molecule has 0 aliphatic carbocycles. The zero-order chi connectivity index (χ0) is 27.3. The highest BCUT2D eigenvalue weighted by Gasteiger charge is 2.34. The van der Waals surface area contributed by atoms with E-state index in [1.54, 1.807) is 20.8 Å². The minimum atomic E-state index is -4.69. The average molecular weight is 528 g/mol. The van der Waals surface area contributed by atoms with Crippen molar-refractivity contribution < 1.29 is 31.2 Å². The molecule has 198 valence electrons. The van der Waals surface area contributed by atoms with Crippen molar-refractivity contribution in [1.82, 2.24) is 10.2 Å². The highest BCUT2D eigenvalue weighted by Crippen LogP contribution is 2.32. The number of rotatable bonds is 9. The number of nitrogens with zero attached hydrogens (tertiary/aromatic N) is 2. The van der Waals surface area contributed by atoms with Crippen LogP contribution in [0.3, 0.4) is 0 Å². The van der Waals surface area contributed by atoms with Gasteiger partial charge < -0.3 is 10.2 Å². The summed E-state index contributed by atoms with van der Waals surface area (Å²) in [7, 11) is -4.13. The largest absolute Gasteiger partial charge is 0.416 e. The van der Waals surface area contributed by atoms with E-state index in [1.807, 2.05) is 30.3 Å². The molecule has 2 rings (SSSR count). The Hall–Kier alpha value is -3.08. The molecular formula is C25H32F3N3O4S. The second kappa shape index (κ2) is 11.3. The van der Waals surface area contributed by atoms with Gasteiger partial charge in [-0.05, 0) is 57.9 Å². The Morgan fingerprint density at radius 2 is 1.61 bits per heavy atom. The monoisotopic (exact) mass is 527 g/mol. The predicted octanol–water partition coefficient (Wildman–Crippen LogP) is 3.85. The van der Waals surface area contributed by atoms with Gasteiger partial charge in [-0.1, -0.05) is 36.4 Å². The number of carbonyl (C=O) groups is 2. The minimum Gasteiger partial charge on any atom is -0.350 e. The van der Waals surface area contributed by atoms with Crippen LogP contribution < -0.4 is 9.62 Å². The maximum Gasteiger partial charge on any atom is 0.416 e. The first-order valence-electron chi connectivity index (χ1n) is 11.3. The van der Waals surface area contributed by atoms with Crippen molar-refractivity contribution >= 4 is 27.5 Å². The van der Waals surface area contributed by atoms with E-state index in [4.69, 9.17) is 0 Å². The molecule has 0 spiro atoms. The van der Waals surface area contributed by atoms with Crippen molar-refractivity contribution in [3.63, 3.8) is 0 Å². The van der Waals surface area contributed by atoms with Gasteiger partial charge in [-0.25, -0.2) is 8.42 Å². The van der Waals surface area contributed by atoms with E-state index >= 15 is 0 Å². The third kappa shape index (κ3) is 8.54. The maximum absolute atomic E-state index is 13.4. The van der Waals surface area contributed by atoms with Crippen molar-refractivity contribution in [3.8, 4) is 0 Å². The molecule has 0 bridgehead atoms. The van der Waals surface area contributed by atoms with Gasteiger partial charge in [0.1, 0.15) is 12.6 Å².